The molecular weight excluding hydrogens is 252 g/mol. The van der Waals surface area contributed by atoms with Gasteiger partial charge in [-0.25, -0.2) is 0 Å². The molecule has 0 fully saturated rings. The van der Waals surface area contributed by atoms with Crippen LogP contribution in [0.15, 0.2) is 29.1 Å². The van der Waals surface area contributed by atoms with Crippen molar-refractivity contribution in [3.8, 4) is 17.3 Å². The monoisotopic (exact) mass is 264 g/mol. The Kier molecular flexibility index (Phi) is 3.67. The zero-order chi connectivity index (χ0) is 13.1. The van der Waals surface area contributed by atoms with Gasteiger partial charge in [-0.2, -0.15) is 4.98 Å². The summed E-state index contributed by atoms with van der Waals surface area (Å²) in [6.07, 6.45) is 1.28. The van der Waals surface area contributed by atoms with Gasteiger partial charge in [-0.3, -0.25) is 4.79 Å². The highest BCUT2D eigenvalue weighted by atomic mass is 35.5. The minimum atomic E-state index is -0.306. The minimum Gasteiger partial charge on any atom is -0.493 e. The number of hydrogen-bond acceptors (Lipinski definition) is 3. The number of aromatic nitrogens is 2. The van der Waals surface area contributed by atoms with Gasteiger partial charge in [0, 0.05) is 10.6 Å². The Hall–Kier alpha value is -1.81. The lowest BCUT2D eigenvalue weighted by Gasteiger charge is -2.05. The molecule has 0 amide bonds. The van der Waals surface area contributed by atoms with Crippen LogP contribution >= 0.6 is 11.6 Å². The van der Waals surface area contributed by atoms with Crippen LogP contribution in [0, 0.1) is 0 Å². The van der Waals surface area contributed by atoms with Crippen molar-refractivity contribution in [2.24, 2.45) is 0 Å². The first-order valence-corrected chi connectivity index (χ1v) is 6.07. The van der Waals surface area contributed by atoms with Gasteiger partial charge >= 0.3 is 0 Å². The maximum atomic E-state index is 11.8. The van der Waals surface area contributed by atoms with E-state index in [1.807, 2.05) is 6.92 Å². The van der Waals surface area contributed by atoms with Crippen molar-refractivity contribution < 1.29 is 5.11 Å². The van der Waals surface area contributed by atoms with Crippen molar-refractivity contribution in [3.63, 3.8) is 0 Å². The van der Waals surface area contributed by atoms with Gasteiger partial charge in [-0.1, -0.05) is 37.1 Å². The van der Waals surface area contributed by atoms with E-state index < -0.39 is 0 Å². The molecular formula is C13H13ClN2O2. The third kappa shape index (κ3) is 2.54. The van der Waals surface area contributed by atoms with Crippen molar-refractivity contribution >= 4 is 11.6 Å². The number of H-pyrrole nitrogens is 1. The summed E-state index contributed by atoms with van der Waals surface area (Å²) in [5.74, 6) is 0.107. The molecule has 5 heteroatoms. The Morgan fingerprint density at radius 3 is 2.83 bits per heavy atom. The van der Waals surface area contributed by atoms with Crippen LogP contribution < -0.4 is 5.56 Å². The maximum Gasteiger partial charge on any atom is 0.258 e. The van der Waals surface area contributed by atoms with Crippen LogP contribution in [0.4, 0.5) is 0 Å². The Balaban J connectivity index is 2.51. The van der Waals surface area contributed by atoms with Gasteiger partial charge in [0.2, 0.25) is 5.88 Å². The largest absolute Gasteiger partial charge is 0.493 e. The molecule has 0 aliphatic heterocycles. The number of hydrogen-bond donors (Lipinski definition) is 2. The van der Waals surface area contributed by atoms with Gasteiger partial charge in [0.05, 0.1) is 5.56 Å². The highest BCUT2D eigenvalue weighted by molar-refractivity contribution is 6.30. The van der Waals surface area contributed by atoms with Gasteiger partial charge in [0.1, 0.15) is 5.82 Å². The number of rotatable bonds is 3. The van der Waals surface area contributed by atoms with E-state index in [4.69, 9.17) is 11.6 Å². The molecule has 18 heavy (non-hydrogen) atoms. The van der Waals surface area contributed by atoms with Crippen LogP contribution in [-0.4, -0.2) is 15.1 Å². The molecule has 0 saturated heterocycles. The summed E-state index contributed by atoms with van der Waals surface area (Å²) in [6, 6.07) is 6.94. The molecule has 2 rings (SSSR count). The average Bonchev–Trinajstić information content (AvgIpc) is 2.33. The first-order valence-electron chi connectivity index (χ1n) is 5.70. The van der Waals surface area contributed by atoms with Crippen molar-refractivity contribution in [1.82, 2.24) is 9.97 Å². The topological polar surface area (TPSA) is 66.0 Å². The number of benzene rings is 1. The van der Waals surface area contributed by atoms with E-state index >= 15 is 0 Å². The van der Waals surface area contributed by atoms with Gasteiger partial charge in [0.15, 0.2) is 0 Å². The molecule has 0 radical (unpaired) electrons. The third-order valence-corrected chi connectivity index (χ3v) is 2.83. The molecule has 1 aromatic heterocycles. The van der Waals surface area contributed by atoms with E-state index in [-0.39, 0.29) is 11.4 Å². The van der Waals surface area contributed by atoms with E-state index in [0.717, 1.165) is 6.42 Å². The van der Waals surface area contributed by atoms with Crippen LogP contribution in [0.2, 0.25) is 5.02 Å². The summed E-state index contributed by atoms with van der Waals surface area (Å²) >= 11 is 5.87. The summed E-state index contributed by atoms with van der Waals surface area (Å²) in [5.41, 5.74) is 0.681. The van der Waals surface area contributed by atoms with Crippen molar-refractivity contribution in [1.29, 1.82) is 0 Å². The number of aromatic amines is 1. The molecule has 0 spiro atoms. The predicted molar refractivity (Wildman–Crippen MR) is 71.0 cm³/mol. The van der Waals surface area contributed by atoms with E-state index in [9.17, 15) is 9.90 Å². The van der Waals surface area contributed by atoms with E-state index in [1.54, 1.807) is 24.3 Å². The van der Waals surface area contributed by atoms with Crippen LogP contribution in [0.1, 0.15) is 18.9 Å². The number of halogens is 1. The quantitative estimate of drug-likeness (QED) is 0.896. The molecule has 2 N–H and O–H groups in total. The highest BCUT2D eigenvalue weighted by Crippen LogP contribution is 2.21. The second kappa shape index (κ2) is 5.23. The number of nitrogens with zero attached hydrogens (tertiary/aromatic N) is 1. The van der Waals surface area contributed by atoms with Gasteiger partial charge in [-0.05, 0) is 18.6 Å². The molecule has 0 bridgehead atoms. The predicted octanol–water partition coefficient (Wildman–Crippen LogP) is 2.75. The second-order valence-electron chi connectivity index (χ2n) is 3.98. The fourth-order valence-corrected chi connectivity index (χ4v) is 1.92. The second-order valence-corrected chi connectivity index (χ2v) is 4.41. The molecule has 0 aliphatic rings. The highest BCUT2D eigenvalue weighted by Gasteiger charge is 2.11. The lowest BCUT2D eigenvalue weighted by molar-refractivity contribution is 0.443. The Morgan fingerprint density at radius 1 is 1.44 bits per heavy atom. The van der Waals surface area contributed by atoms with Crippen LogP contribution in [0.3, 0.4) is 0 Å². The summed E-state index contributed by atoms with van der Waals surface area (Å²) in [5, 5.41) is 10.3. The SMILES string of the molecule is CCCc1c(O)nc(-c2cccc(Cl)c2)[nH]c1=O. The lowest BCUT2D eigenvalue weighted by Crippen LogP contribution is -2.15. The molecule has 1 heterocycles. The number of aromatic hydroxyl groups is 1. The molecule has 2 aromatic rings. The van der Waals surface area contributed by atoms with Crippen molar-refractivity contribution in [2.75, 3.05) is 0 Å². The fourth-order valence-electron chi connectivity index (χ4n) is 1.73. The summed E-state index contributed by atoms with van der Waals surface area (Å²) in [6.45, 7) is 1.93. The molecule has 0 saturated carbocycles. The third-order valence-electron chi connectivity index (χ3n) is 2.59. The Bertz CT molecular complexity index is 623. The standard InChI is InChI=1S/C13H13ClN2O2/c1-2-4-10-12(17)15-11(16-13(10)18)8-5-3-6-9(14)7-8/h3,5-7H,2,4H2,1H3,(H2,15,16,17,18). The molecule has 0 atom stereocenters. The summed E-state index contributed by atoms with van der Waals surface area (Å²) in [7, 11) is 0. The van der Waals surface area contributed by atoms with Crippen LogP contribution in [0.25, 0.3) is 11.4 Å². The first kappa shape index (κ1) is 12.6. The zero-order valence-electron chi connectivity index (χ0n) is 9.90. The molecule has 0 unspecified atom stereocenters. The van der Waals surface area contributed by atoms with Crippen molar-refractivity contribution in [3.05, 3.63) is 45.2 Å². The smallest absolute Gasteiger partial charge is 0.258 e. The zero-order valence-corrected chi connectivity index (χ0v) is 10.7. The molecule has 94 valence electrons. The molecule has 1 aromatic carbocycles. The van der Waals surface area contributed by atoms with Gasteiger partial charge in [-0.15, -0.1) is 0 Å². The van der Waals surface area contributed by atoms with E-state index in [2.05, 4.69) is 9.97 Å². The average molecular weight is 265 g/mol. The normalized spacial score (nSPS) is 10.6. The minimum absolute atomic E-state index is 0.212. The van der Waals surface area contributed by atoms with Crippen molar-refractivity contribution in [2.45, 2.75) is 19.8 Å². The van der Waals surface area contributed by atoms with E-state index in [0.29, 0.717) is 28.4 Å². The Morgan fingerprint density at radius 2 is 2.22 bits per heavy atom. The lowest BCUT2D eigenvalue weighted by atomic mass is 10.1. The van der Waals surface area contributed by atoms with Crippen LogP contribution in [0.5, 0.6) is 5.88 Å². The first-order chi connectivity index (χ1) is 8.61. The van der Waals surface area contributed by atoms with Gasteiger partial charge < -0.3 is 10.1 Å². The number of nitrogens with one attached hydrogen (secondary N) is 1. The molecule has 4 nitrogen and oxygen atoms in total. The molecule has 0 aliphatic carbocycles. The maximum absolute atomic E-state index is 11.8. The summed E-state index contributed by atoms with van der Waals surface area (Å²) in [4.78, 5) is 18.5. The van der Waals surface area contributed by atoms with E-state index in [1.165, 1.54) is 0 Å². The van der Waals surface area contributed by atoms with Crippen LogP contribution in [-0.2, 0) is 6.42 Å². The Labute approximate surface area is 109 Å². The fraction of sp³-hybridized carbons (Fsp3) is 0.231. The van der Waals surface area contributed by atoms with Gasteiger partial charge in [0.25, 0.3) is 5.56 Å². The summed E-state index contributed by atoms with van der Waals surface area (Å²) < 4.78 is 0.